The van der Waals surface area contributed by atoms with Crippen LogP contribution in [0.2, 0.25) is 0 Å². The highest BCUT2D eigenvalue weighted by molar-refractivity contribution is 14.0. The Morgan fingerprint density at radius 2 is 1.64 bits per heavy atom. The maximum atomic E-state index is 11.5. The van der Waals surface area contributed by atoms with Gasteiger partial charge in [0.15, 0.2) is 5.96 Å². The molecule has 158 valence electrons. The number of aliphatic imine (C=N–C) groups is 1. The molecule has 28 heavy (non-hydrogen) atoms. The molecule has 1 aromatic carbocycles. The number of halogens is 1. The van der Waals surface area contributed by atoms with Crippen LogP contribution in [0.3, 0.4) is 0 Å². The van der Waals surface area contributed by atoms with E-state index >= 15 is 0 Å². The maximum absolute atomic E-state index is 11.5. The zero-order valence-corrected chi connectivity index (χ0v) is 19.5. The Kier molecular flexibility index (Phi) is 12.2. The quantitative estimate of drug-likeness (QED) is 0.197. The fourth-order valence-electron chi connectivity index (χ4n) is 2.12. The van der Waals surface area contributed by atoms with Crippen molar-refractivity contribution in [2.24, 2.45) is 4.99 Å². The second kappa shape index (κ2) is 13.2. The van der Waals surface area contributed by atoms with E-state index in [9.17, 15) is 9.59 Å². The van der Waals surface area contributed by atoms with Gasteiger partial charge in [-0.05, 0) is 44.9 Å². The number of alkyl carbamates (subject to hydrolysis) is 1. The van der Waals surface area contributed by atoms with Crippen LogP contribution in [0.4, 0.5) is 4.79 Å². The third-order valence-corrected chi connectivity index (χ3v) is 3.44. The first-order chi connectivity index (χ1) is 12.7. The van der Waals surface area contributed by atoms with Gasteiger partial charge in [-0.2, -0.15) is 0 Å². The molecule has 0 atom stereocenters. The molecule has 0 aliphatic heterocycles. The normalized spacial score (nSPS) is 11.1. The van der Waals surface area contributed by atoms with E-state index in [0.717, 1.165) is 12.0 Å². The van der Waals surface area contributed by atoms with Crippen molar-refractivity contribution in [1.29, 1.82) is 0 Å². The second-order valence-electron chi connectivity index (χ2n) is 6.91. The van der Waals surface area contributed by atoms with Crippen LogP contribution in [0.5, 0.6) is 0 Å². The number of nitrogens with one attached hydrogen (secondary N) is 4. The third-order valence-electron chi connectivity index (χ3n) is 3.44. The largest absolute Gasteiger partial charge is 0.444 e. The number of nitrogens with zero attached hydrogens (tertiary/aromatic N) is 1. The Morgan fingerprint density at radius 1 is 1.04 bits per heavy atom. The van der Waals surface area contributed by atoms with Crippen LogP contribution >= 0.6 is 24.0 Å². The molecule has 0 unspecified atom stereocenters. The zero-order valence-electron chi connectivity index (χ0n) is 17.2. The van der Waals surface area contributed by atoms with E-state index in [2.05, 4.69) is 26.3 Å². The average Bonchev–Trinajstić information content (AvgIpc) is 2.62. The molecule has 1 rings (SSSR count). The molecule has 1 aromatic rings. The summed E-state index contributed by atoms with van der Waals surface area (Å²) in [7, 11) is 3.31. The summed E-state index contributed by atoms with van der Waals surface area (Å²) in [6, 6.07) is 7.37. The predicted molar refractivity (Wildman–Crippen MR) is 122 cm³/mol. The number of amides is 2. The summed E-state index contributed by atoms with van der Waals surface area (Å²) < 4.78 is 5.17. The molecule has 0 spiro atoms. The van der Waals surface area contributed by atoms with Crippen molar-refractivity contribution in [3.05, 3.63) is 35.4 Å². The van der Waals surface area contributed by atoms with Gasteiger partial charge in [-0.15, -0.1) is 24.0 Å². The van der Waals surface area contributed by atoms with E-state index in [-0.39, 0.29) is 29.9 Å². The topological polar surface area (TPSA) is 104 Å². The molecular weight excluding hydrogens is 473 g/mol. The van der Waals surface area contributed by atoms with Gasteiger partial charge in [-0.25, -0.2) is 4.79 Å². The van der Waals surface area contributed by atoms with Crippen LogP contribution < -0.4 is 21.3 Å². The number of rotatable bonds is 7. The lowest BCUT2D eigenvalue weighted by molar-refractivity contribution is 0.0527. The Bertz CT molecular complexity index is 642. The van der Waals surface area contributed by atoms with Crippen LogP contribution in [0.25, 0.3) is 0 Å². The standard InChI is InChI=1S/C19H31N5O3.HI/c1-19(2,3)27-18(26)23-12-6-11-22-17(21-5)24-13-14-7-9-15(10-8-14)16(25)20-4;/h7-10H,6,11-13H2,1-5H3,(H,20,25)(H,23,26)(H2,21,22,24);1H. The van der Waals surface area contributed by atoms with Gasteiger partial charge in [-0.1, -0.05) is 12.1 Å². The van der Waals surface area contributed by atoms with Gasteiger partial charge in [0.1, 0.15) is 5.60 Å². The SMILES string of the molecule is CN=C(NCCCNC(=O)OC(C)(C)C)NCc1ccc(C(=O)NC)cc1.I. The molecule has 0 aromatic heterocycles. The van der Waals surface area contributed by atoms with Crippen molar-refractivity contribution in [3.63, 3.8) is 0 Å². The van der Waals surface area contributed by atoms with Crippen LogP contribution in [0.1, 0.15) is 43.1 Å². The Morgan fingerprint density at radius 3 is 2.18 bits per heavy atom. The highest BCUT2D eigenvalue weighted by Crippen LogP contribution is 2.06. The van der Waals surface area contributed by atoms with Crippen LogP contribution in [0.15, 0.2) is 29.3 Å². The number of hydrogen-bond donors (Lipinski definition) is 4. The summed E-state index contributed by atoms with van der Waals surface area (Å²) in [5.41, 5.74) is 1.17. The fraction of sp³-hybridized carbons (Fsp3) is 0.526. The molecule has 0 bridgehead atoms. The minimum Gasteiger partial charge on any atom is -0.444 e. The first-order valence-corrected chi connectivity index (χ1v) is 8.97. The number of hydrogen-bond acceptors (Lipinski definition) is 4. The lowest BCUT2D eigenvalue weighted by Gasteiger charge is -2.19. The van der Waals surface area contributed by atoms with Crippen LogP contribution in [-0.2, 0) is 11.3 Å². The van der Waals surface area contributed by atoms with Crippen molar-refractivity contribution < 1.29 is 14.3 Å². The summed E-state index contributed by atoms with van der Waals surface area (Å²) >= 11 is 0. The molecule has 0 radical (unpaired) electrons. The van der Waals surface area contributed by atoms with E-state index < -0.39 is 11.7 Å². The number of guanidine groups is 1. The molecule has 0 aliphatic carbocycles. The summed E-state index contributed by atoms with van der Waals surface area (Å²) in [6.45, 7) is 7.25. The van der Waals surface area contributed by atoms with Crippen LogP contribution in [0, 0.1) is 0 Å². The molecule has 0 saturated heterocycles. The van der Waals surface area contributed by atoms with Crippen molar-refractivity contribution in [3.8, 4) is 0 Å². The first kappa shape index (κ1) is 26.0. The van der Waals surface area contributed by atoms with E-state index in [0.29, 0.717) is 31.2 Å². The van der Waals surface area contributed by atoms with Gasteiger partial charge in [0, 0.05) is 39.3 Å². The number of carbonyl (C=O) groups excluding carboxylic acids is 2. The maximum Gasteiger partial charge on any atom is 0.407 e. The molecule has 8 nitrogen and oxygen atoms in total. The van der Waals surface area contributed by atoms with E-state index in [4.69, 9.17) is 4.74 Å². The zero-order chi connectivity index (χ0) is 20.3. The average molecular weight is 505 g/mol. The first-order valence-electron chi connectivity index (χ1n) is 8.97. The lowest BCUT2D eigenvalue weighted by atomic mass is 10.1. The highest BCUT2D eigenvalue weighted by atomic mass is 127. The summed E-state index contributed by atoms with van der Waals surface area (Å²) in [5.74, 6) is 0.564. The lowest BCUT2D eigenvalue weighted by Crippen LogP contribution is -2.39. The van der Waals surface area contributed by atoms with Gasteiger partial charge in [-0.3, -0.25) is 9.79 Å². The fourth-order valence-corrected chi connectivity index (χ4v) is 2.12. The molecule has 0 aliphatic rings. The second-order valence-corrected chi connectivity index (χ2v) is 6.91. The smallest absolute Gasteiger partial charge is 0.407 e. The van der Waals surface area contributed by atoms with E-state index in [1.165, 1.54) is 0 Å². The van der Waals surface area contributed by atoms with E-state index in [1.807, 2.05) is 32.9 Å². The Balaban J connectivity index is 0.00000729. The molecule has 0 fully saturated rings. The Labute approximate surface area is 184 Å². The van der Waals surface area contributed by atoms with Crippen molar-refractivity contribution in [2.75, 3.05) is 27.2 Å². The number of carbonyl (C=O) groups is 2. The van der Waals surface area contributed by atoms with Crippen LogP contribution in [-0.4, -0.2) is 50.7 Å². The van der Waals surface area contributed by atoms with E-state index in [1.54, 1.807) is 26.2 Å². The third kappa shape index (κ3) is 11.0. The molecule has 0 heterocycles. The number of benzene rings is 1. The molecular formula is C19H32IN5O3. The molecule has 9 heteroatoms. The predicted octanol–water partition coefficient (Wildman–Crippen LogP) is 2.24. The van der Waals surface area contributed by atoms with Gasteiger partial charge in [0.25, 0.3) is 5.91 Å². The molecule has 2 amide bonds. The van der Waals surface area contributed by atoms with Crippen molar-refractivity contribution in [2.45, 2.75) is 39.3 Å². The number of ether oxygens (including phenoxy) is 1. The highest BCUT2D eigenvalue weighted by Gasteiger charge is 2.15. The monoisotopic (exact) mass is 505 g/mol. The van der Waals surface area contributed by atoms with Gasteiger partial charge in [0.05, 0.1) is 0 Å². The van der Waals surface area contributed by atoms with Gasteiger partial charge < -0.3 is 26.0 Å². The van der Waals surface area contributed by atoms with Crippen molar-refractivity contribution in [1.82, 2.24) is 21.3 Å². The van der Waals surface area contributed by atoms with Gasteiger partial charge in [0.2, 0.25) is 0 Å². The minimum atomic E-state index is -0.493. The molecule has 0 saturated carbocycles. The minimum absolute atomic E-state index is 0. The van der Waals surface area contributed by atoms with Gasteiger partial charge >= 0.3 is 6.09 Å². The Hall–Kier alpha value is -2.04. The van der Waals surface area contributed by atoms with Crippen molar-refractivity contribution >= 4 is 41.9 Å². The molecule has 4 N–H and O–H groups in total. The summed E-state index contributed by atoms with van der Waals surface area (Å²) in [6.07, 6.45) is 0.325. The summed E-state index contributed by atoms with van der Waals surface area (Å²) in [4.78, 5) is 27.2. The summed E-state index contributed by atoms with van der Waals surface area (Å²) in [5, 5.41) is 11.7.